The number of benzene rings is 1. The van der Waals surface area contributed by atoms with Crippen molar-refractivity contribution >= 4 is 22.8 Å². The Morgan fingerprint density at radius 1 is 1.32 bits per heavy atom. The van der Waals surface area contributed by atoms with Crippen LogP contribution < -0.4 is 0 Å². The lowest BCUT2D eigenvalue weighted by Crippen LogP contribution is -2.35. The molecule has 0 radical (unpaired) electrons. The van der Waals surface area contributed by atoms with Crippen molar-refractivity contribution in [3.8, 4) is 0 Å². The predicted octanol–water partition coefficient (Wildman–Crippen LogP) is 1.78. The Morgan fingerprint density at radius 3 is 2.79 bits per heavy atom. The highest BCUT2D eigenvalue weighted by molar-refractivity contribution is 5.99. The fourth-order valence-corrected chi connectivity index (χ4v) is 1.88. The second-order valence-electron chi connectivity index (χ2n) is 4.12. The van der Waals surface area contributed by atoms with Crippen molar-refractivity contribution in [1.82, 2.24) is 9.88 Å². The highest BCUT2D eigenvalue weighted by atomic mass is 16.4. The van der Waals surface area contributed by atoms with E-state index in [0.29, 0.717) is 12.1 Å². The molecule has 5 nitrogen and oxygen atoms in total. The second-order valence-corrected chi connectivity index (χ2v) is 4.12. The van der Waals surface area contributed by atoms with Crippen LogP contribution in [0.15, 0.2) is 36.5 Å². The minimum absolute atomic E-state index is 0.282. The van der Waals surface area contributed by atoms with E-state index in [1.807, 2.05) is 6.07 Å². The van der Waals surface area contributed by atoms with Crippen molar-refractivity contribution in [3.63, 3.8) is 0 Å². The number of carboxylic acids is 1. The summed E-state index contributed by atoms with van der Waals surface area (Å²) in [5.41, 5.74) is 1.28. The van der Waals surface area contributed by atoms with Gasteiger partial charge in [0.05, 0.1) is 5.52 Å². The molecule has 98 valence electrons. The number of likely N-dealkylation sites (N-methyl/N-ethyl adjacent to an activating group) is 1. The average Bonchev–Trinajstić information content (AvgIpc) is 2.43. The van der Waals surface area contributed by atoms with Gasteiger partial charge in [0, 0.05) is 23.7 Å². The highest BCUT2D eigenvalue weighted by Gasteiger charge is 2.17. The molecule has 0 bridgehead atoms. The smallest absolute Gasteiger partial charge is 0.323 e. The van der Waals surface area contributed by atoms with Crippen molar-refractivity contribution in [1.29, 1.82) is 0 Å². The molecule has 0 aliphatic carbocycles. The van der Waals surface area contributed by atoms with E-state index in [1.54, 1.807) is 37.4 Å². The monoisotopic (exact) mass is 258 g/mol. The number of carbonyl (C=O) groups is 2. The molecule has 1 amide bonds. The van der Waals surface area contributed by atoms with Crippen molar-refractivity contribution in [2.45, 2.75) is 6.92 Å². The molecule has 0 unspecified atom stereocenters. The Labute approximate surface area is 110 Å². The predicted molar refractivity (Wildman–Crippen MR) is 71.0 cm³/mol. The van der Waals surface area contributed by atoms with E-state index in [1.165, 1.54) is 4.90 Å². The zero-order valence-corrected chi connectivity index (χ0v) is 10.5. The van der Waals surface area contributed by atoms with Gasteiger partial charge in [0.25, 0.3) is 5.91 Å². The normalized spacial score (nSPS) is 10.4. The third kappa shape index (κ3) is 2.88. The van der Waals surface area contributed by atoms with E-state index in [2.05, 4.69) is 4.98 Å². The first kappa shape index (κ1) is 13.0. The van der Waals surface area contributed by atoms with Crippen molar-refractivity contribution in [2.75, 3.05) is 13.1 Å². The standard InChI is InChI=1S/C14H14N2O3/c1-2-16(9-13(17)18)14(19)11-5-6-12-10(8-11)4-3-7-15-12/h3-8H,2,9H2,1H3,(H,17,18). The largest absolute Gasteiger partial charge is 0.480 e. The Kier molecular flexibility index (Phi) is 3.75. The van der Waals surface area contributed by atoms with E-state index in [0.717, 1.165) is 10.9 Å². The average molecular weight is 258 g/mol. The first-order valence-corrected chi connectivity index (χ1v) is 5.97. The number of carboxylic acid groups (broad SMARTS) is 1. The number of fused-ring (bicyclic) bond motifs is 1. The summed E-state index contributed by atoms with van der Waals surface area (Å²) in [7, 11) is 0. The molecule has 1 aromatic carbocycles. The molecule has 5 heteroatoms. The van der Waals surface area contributed by atoms with Crippen LogP contribution in [-0.2, 0) is 4.79 Å². The lowest BCUT2D eigenvalue weighted by Gasteiger charge is -2.18. The van der Waals surface area contributed by atoms with Gasteiger partial charge in [-0.3, -0.25) is 14.6 Å². The van der Waals surface area contributed by atoms with Crippen LogP contribution in [0.5, 0.6) is 0 Å². The minimum Gasteiger partial charge on any atom is -0.480 e. The van der Waals surface area contributed by atoms with Crippen LogP contribution >= 0.6 is 0 Å². The Morgan fingerprint density at radius 2 is 2.11 bits per heavy atom. The van der Waals surface area contributed by atoms with Gasteiger partial charge in [-0.05, 0) is 31.2 Å². The van der Waals surface area contributed by atoms with E-state index < -0.39 is 5.97 Å². The number of amides is 1. The first-order valence-electron chi connectivity index (χ1n) is 5.97. The molecular formula is C14H14N2O3. The molecule has 19 heavy (non-hydrogen) atoms. The van der Waals surface area contributed by atoms with E-state index in [9.17, 15) is 9.59 Å². The third-order valence-electron chi connectivity index (χ3n) is 2.85. The molecule has 0 fully saturated rings. The fourth-order valence-electron chi connectivity index (χ4n) is 1.88. The quantitative estimate of drug-likeness (QED) is 0.907. The number of nitrogens with zero attached hydrogens (tertiary/aromatic N) is 2. The topological polar surface area (TPSA) is 70.5 Å². The maximum absolute atomic E-state index is 12.2. The number of carbonyl (C=O) groups excluding carboxylic acids is 1. The molecule has 0 spiro atoms. The minimum atomic E-state index is -1.02. The van der Waals surface area contributed by atoms with Crippen LogP contribution in [0, 0.1) is 0 Å². The number of hydrogen-bond acceptors (Lipinski definition) is 3. The van der Waals surface area contributed by atoms with Gasteiger partial charge in [0.1, 0.15) is 6.54 Å². The van der Waals surface area contributed by atoms with Crippen molar-refractivity contribution in [3.05, 3.63) is 42.1 Å². The van der Waals surface area contributed by atoms with Gasteiger partial charge in [-0.1, -0.05) is 6.07 Å². The van der Waals surface area contributed by atoms with E-state index in [-0.39, 0.29) is 12.5 Å². The number of aliphatic carboxylic acids is 1. The van der Waals surface area contributed by atoms with Crippen molar-refractivity contribution in [2.24, 2.45) is 0 Å². The Bertz CT molecular complexity index is 625. The van der Waals surface area contributed by atoms with Crippen LogP contribution in [0.1, 0.15) is 17.3 Å². The van der Waals surface area contributed by atoms with Crippen LogP contribution in [-0.4, -0.2) is 40.0 Å². The molecule has 1 heterocycles. The van der Waals surface area contributed by atoms with Crippen molar-refractivity contribution < 1.29 is 14.7 Å². The van der Waals surface area contributed by atoms with Gasteiger partial charge >= 0.3 is 5.97 Å². The summed E-state index contributed by atoms with van der Waals surface area (Å²) in [6.45, 7) is 1.82. The zero-order chi connectivity index (χ0) is 13.8. The number of pyridine rings is 1. The van der Waals surface area contributed by atoms with Gasteiger partial charge in [0.15, 0.2) is 0 Å². The molecule has 2 aromatic rings. The molecule has 1 aromatic heterocycles. The summed E-state index contributed by atoms with van der Waals surface area (Å²) in [5, 5.41) is 9.64. The Balaban J connectivity index is 2.32. The lowest BCUT2D eigenvalue weighted by atomic mass is 10.1. The highest BCUT2D eigenvalue weighted by Crippen LogP contribution is 2.14. The third-order valence-corrected chi connectivity index (χ3v) is 2.85. The second kappa shape index (κ2) is 5.48. The molecular weight excluding hydrogens is 244 g/mol. The van der Waals surface area contributed by atoms with E-state index in [4.69, 9.17) is 5.11 Å². The number of aromatic nitrogens is 1. The van der Waals surface area contributed by atoms with Crippen LogP contribution in [0.3, 0.4) is 0 Å². The van der Waals surface area contributed by atoms with Gasteiger partial charge in [-0.2, -0.15) is 0 Å². The Hall–Kier alpha value is -2.43. The lowest BCUT2D eigenvalue weighted by molar-refractivity contribution is -0.137. The van der Waals surface area contributed by atoms with Gasteiger partial charge in [-0.15, -0.1) is 0 Å². The summed E-state index contributed by atoms with van der Waals surface area (Å²) in [4.78, 5) is 28.4. The maximum Gasteiger partial charge on any atom is 0.323 e. The summed E-state index contributed by atoms with van der Waals surface area (Å²) in [6, 6.07) is 8.83. The van der Waals surface area contributed by atoms with Crippen LogP contribution in [0.25, 0.3) is 10.9 Å². The summed E-state index contributed by atoms with van der Waals surface area (Å²) >= 11 is 0. The molecule has 1 N–H and O–H groups in total. The van der Waals surface area contributed by atoms with E-state index >= 15 is 0 Å². The number of rotatable bonds is 4. The van der Waals surface area contributed by atoms with Crippen LogP contribution in [0.4, 0.5) is 0 Å². The molecule has 0 saturated carbocycles. The van der Waals surface area contributed by atoms with Gasteiger partial charge in [0.2, 0.25) is 0 Å². The first-order chi connectivity index (χ1) is 9.11. The SMILES string of the molecule is CCN(CC(=O)O)C(=O)c1ccc2ncccc2c1. The molecule has 0 saturated heterocycles. The van der Waals surface area contributed by atoms with Gasteiger partial charge in [-0.25, -0.2) is 0 Å². The number of hydrogen-bond donors (Lipinski definition) is 1. The fraction of sp³-hybridized carbons (Fsp3) is 0.214. The molecule has 0 aliphatic rings. The zero-order valence-electron chi connectivity index (χ0n) is 10.5. The molecule has 0 aliphatic heterocycles. The summed E-state index contributed by atoms with van der Waals surface area (Å²) < 4.78 is 0. The maximum atomic E-state index is 12.2. The van der Waals surface area contributed by atoms with Crippen LogP contribution in [0.2, 0.25) is 0 Å². The van der Waals surface area contributed by atoms with Gasteiger partial charge < -0.3 is 10.0 Å². The summed E-state index contributed by atoms with van der Waals surface area (Å²) in [5.74, 6) is -1.30. The molecule has 0 atom stereocenters. The summed E-state index contributed by atoms with van der Waals surface area (Å²) in [6.07, 6.45) is 1.69. The molecule has 2 rings (SSSR count).